The van der Waals surface area contributed by atoms with Crippen LogP contribution >= 0.6 is 0 Å². The van der Waals surface area contributed by atoms with Crippen molar-refractivity contribution >= 4 is 0 Å². The van der Waals surface area contributed by atoms with Gasteiger partial charge in [0, 0.05) is 30.5 Å². The van der Waals surface area contributed by atoms with Crippen LogP contribution in [0.15, 0.2) is 36.7 Å². The van der Waals surface area contributed by atoms with Crippen LogP contribution in [0.25, 0.3) is 0 Å². The van der Waals surface area contributed by atoms with Crippen LogP contribution < -0.4 is 14.8 Å². The number of rotatable bonds is 6. The maximum atomic E-state index is 5.44. The molecular weight excluding hydrogens is 264 g/mol. The number of hydrogen-bond acceptors (Lipinski definition) is 4. The number of ether oxygens (including phenoxy) is 2. The van der Waals surface area contributed by atoms with E-state index in [9.17, 15) is 0 Å². The molecule has 0 aliphatic carbocycles. The molecule has 4 heteroatoms. The summed E-state index contributed by atoms with van der Waals surface area (Å²) in [5.74, 6) is 1.70. The molecule has 0 aliphatic rings. The van der Waals surface area contributed by atoms with Crippen LogP contribution in [0.5, 0.6) is 11.5 Å². The first-order valence-corrected chi connectivity index (χ1v) is 7.00. The summed E-state index contributed by atoms with van der Waals surface area (Å²) in [5.41, 5.74) is 3.53. The Bertz CT molecular complexity index is 599. The minimum atomic E-state index is 0.155. The average molecular weight is 286 g/mol. The van der Waals surface area contributed by atoms with Gasteiger partial charge in [-0.2, -0.15) is 0 Å². The molecule has 2 aromatic rings. The van der Waals surface area contributed by atoms with Crippen LogP contribution in [0.4, 0.5) is 0 Å². The highest BCUT2D eigenvalue weighted by atomic mass is 16.5. The molecule has 2 rings (SSSR count). The van der Waals surface area contributed by atoms with Gasteiger partial charge in [0.25, 0.3) is 0 Å². The van der Waals surface area contributed by atoms with E-state index in [1.54, 1.807) is 14.2 Å². The third kappa shape index (κ3) is 3.73. The van der Waals surface area contributed by atoms with Crippen molar-refractivity contribution in [2.75, 3.05) is 14.2 Å². The fourth-order valence-corrected chi connectivity index (χ4v) is 2.25. The van der Waals surface area contributed by atoms with Crippen LogP contribution in [0.3, 0.4) is 0 Å². The van der Waals surface area contributed by atoms with Crippen molar-refractivity contribution in [1.82, 2.24) is 10.3 Å². The lowest BCUT2D eigenvalue weighted by Crippen LogP contribution is -2.19. The van der Waals surface area contributed by atoms with Crippen molar-refractivity contribution in [2.24, 2.45) is 0 Å². The highest BCUT2D eigenvalue weighted by Crippen LogP contribution is 2.29. The second-order valence-corrected chi connectivity index (χ2v) is 5.01. The summed E-state index contributed by atoms with van der Waals surface area (Å²) in [7, 11) is 3.36. The van der Waals surface area contributed by atoms with E-state index in [1.165, 1.54) is 11.1 Å². The summed E-state index contributed by atoms with van der Waals surface area (Å²) in [6, 6.07) is 8.04. The zero-order valence-electron chi connectivity index (χ0n) is 13.0. The SMILES string of the molecule is COc1ccc(OC)c(C(C)NCc2ccncc2C)c1. The lowest BCUT2D eigenvalue weighted by molar-refractivity contribution is 0.391. The molecule has 1 aromatic heterocycles. The molecule has 4 nitrogen and oxygen atoms in total. The molecule has 0 saturated heterocycles. The Labute approximate surface area is 126 Å². The number of benzene rings is 1. The minimum Gasteiger partial charge on any atom is -0.497 e. The molecular formula is C17H22N2O2. The molecule has 0 fully saturated rings. The number of pyridine rings is 1. The molecule has 1 heterocycles. The summed E-state index contributed by atoms with van der Waals surface area (Å²) < 4.78 is 10.7. The zero-order valence-corrected chi connectivity index (χ0v) is 13.0. The summed E-state index contributed by atoms with van der Waals surface area (Å²) >= 11 is 0. The lowest BCUT2D eigenvalue weighted by Gasteiger charge is -2.18. The van der Waals surface area contributed by atoms with Crippen molar-refractivity contribution in [2.45, 2.75) is 26.4 Å². The minimum absolute atomic E-state index is 0.155. The van der Waals surface area contributed by atoms with E-state index in [0.29, 0.717) is 0 Å². The number of aromatic nitrogens is 1. The van der Waals surface area contributed by atoms with E-state index in [2.05, 4.69) is 24.1 Å². The summed E-state index contributed by atoms with van der Waals surface area (Å²) in [4.78, 5) is 4.12. The Hall–Kier alpha value is -2.07. The van der Waals surface area contributed by atoms with Crippen LogP contribution in [-0.2, 0) is 6.54 Å². The van der Waals surface area contributed by atoms with Gasteiger partial charge in [0.1, 0.15) is 11.5 Å². The van der Waals surface area contributed by atoms with E-state index in [4.69, 9.17) is 9.47 Å². The smallest absolute Gasteiger partial charge is 0.123 e. The standard InChI is InChI=1S/C17H22N2O2/c1-12-10-18-8-7-14(12)11-19-13(2)16-9-15(20-3)5-6-17(16)21-4/h5-10,13,19H,11H2,1-4H3. The largest absolute Gasteiger partial charge is 0.497 e. The van der Waals surface area contributed by atoms with Crippen molar-refractivity contribution in [3.05, 3.63) is 53.3 Å². The zero-order chi connectivity index (χ0) is 15.2. The molecule has 0 aliphatic heterocycles. The lowest BCUT2D eigenvalue weighted by atomic mass is 10.1. The van der Waals surface area contributed by atoms with Gasteiger partial charge in [-0.3, -0.25) is 4.98 Å². The Balaban J connectivity index is 2.13. The molecule has 0 saturated carbocycles. The molecule has 1 unspecified atom stereocenters. The quantitative estimate of drug-likeness (QED) is 0.885. The first kappa shape index (κ1) is 15.3. The van der Waals surface area contributed by atoms with Crippen LogP contribution in [0.1, 0.15) is 29.7 Å². The van der Waals surface area contributed by atoms with Crippen LogP contribution in [0, 0.1) is 6.92 Å². The molecule has 1 aromatic carbocycles. The third-order valence-electron chi connectivity index (χ3n) is 3.64. The molecule has 0 amide bonds. The molecule has 1 N–H and O–H groups in total. The molecule has 112 valence electrons. The van der Waals surface area contributed by atoms with Crippen molar-refractivity contribution in [1.29, 1.82) is 0 Å². The number of nitrogens with zero attached hydrogens (tertiary/aromatic N) is 1. The Morgan fingerprint density at radius 2 is 2.00 bits per heavy atom. The van der Waals surface area contributed by atoms with Gasteiger partial charge >= 0.3 is 0 Å². The summed E-state index contributed by atoms with van der Waals surface area (Å²) in [6.45, 7) is 4.98. The van der Waals surface area contributed by atoms with Gasteiger partial charge in [-0.1, -0.05) is 0 Å². The number of nitrogens with one attached hydrogen (secondary N) is 1. The fourth-order valence-electron chi connectivity index (χ4n) is 2.25. The van der Waals surface area contributed by atoms with Gasteiger partial charge in [0.05, 0.1) is 14.2 Å². The van der Waals surface area contributed by atoms with E-state index in [1.807, 2.05) is 36.7 Å². The van der Waals surface area contributed by atoms with Crippen LogP contribution in [0.2, 0.25) is 0 Å². The maximum absolute atomic E-state index is 5.44. The highest BCUT2D eigenvalue weighted by molar-refractivity contribution is 5.42. The molecule has 0 bridgehead atoms. The van der Waals surface area contributed by atoms with E-state index >= 15 is 0 Å². The van der Waals surface area contributed by atoms with Crippen molar-refractivity contribution < 1.29 is 9.47 Å². The normalized spacial score (nSPS) is 12.0. The van der Waals surface area contributed by atoms with E-state index < -0.39 is 0 Å². The number of methoxy groups -OCH3 is 2. The van der Waals surface area contributed by atoms with Gasteiger partial charge in [-0.05, 0) is 49.2 Å². The maximum Gasteiger partial charge on any atom is 0.123 e. The molecule has 0 spiro atoms. The third-order valence-corrected chi connectivity index (χ3v) is 3.64. The monoisotopic (exact) mass is 286 g/mol. The second kappa shape index (κ2) is 7.09. The first-order valence-electron chi connectivity index (χ1n) is 7.00. The Morgan fingerprint density at radius 3 is 2.67 bits per heavy atom. The average Bonchev–Trinajstić information content (AvgIpc) is 2.53. The van der Waals surface area contributed by atoms with Gasteiger partial charge in [0.2, 0.25) is 0 Å². The summed E-state index contributed by atoms with van der Waals surface area (Å²) in [5, 5.41) is 3.52. The topological polar surface area (TPSA) is 43.4 Å². The molecule has 21 heavy (non-hydrogen) atoms. The van der Waals surface area contributed by atoms with Crippen molar-refractivity contribution in [3.63, 3.8) is 0 Å². The first-order chi connectivity index (χ1) is 10.2. The van der Waals surface area contributed by atoms with Gasteiger partial charge in [-0.15, -0.1) is 0 Å². The fraction of sp³-hybridized carbons (Fsp3) is 0.353. The summed E-state index contributed by atoms with van der Waals surface area (Å²) in [6.07, 6.45) is 3.70. The number of aryl methyl sites for hydroxylation is 1. The number of hydrogen-bond donors (Lipinski definition) is 1. The van der Waals surface area contributed by atoms with Gasteiger partial charge < -0.3 is 14.8 Å². The highest BCUT2D eigenvalue weighted by Gasteiger charge is 2.12. The second-order valence-electron chi connectivity index (χ2n) is 5.01. The van der Waals surface area contributed by atoms with E-state index in [-0.39, 0.29) is 6.04 Å². The molecule has 1 atom stereocenters. The predicted molar refractivity (Wildman–Crippen MR) is 83.8 cm³/mol. The predicted octanol–water partition coefficient (Wildman–Crippen LogP) is 3.26. The molecule has 0 radical (unpaired) electrons. The van der Waals surface area contributed by atoms with Gasteiger partial charge in [-0.25, -0.2) is 0 Å². The van der Waals surface area contributed by atoms with E-state index in [0.717, 1.165) is 23.6 Å². The Morgan fingerprint density at radius 1 is 1.19 bits per heavy atom. The van der Waals surface area contributed by atoms with Crippen molar-refractivity contribution in [3.8, 4) is 11.5 Å². The van der Waals surface area contributed by atoms with Gasteiger partial charge in [0.15, 0.2) is 0 Å². The van der Waals surface area contributed by atoms with Crippen LogP contribution in [-0.4, -0.2) is 19.2 Å². The Kier molecular flexibility index (Phi) is 5.17.